The molecule has 3 rings (SSSR count). The molecule has 1 N–H and O–H groups in total. The van der Waals surface area contributed by atoms with E-state index in [-0.39, 0.29) is 17.9 Å². The van der Waals surface area contributed by atoms with Crippen LogP contribution < -0.4 is 10.1 Å². The second-order valence-electron chi connectivity index (χ2n) is 7.18. The number of likely N-dealkylation sites (tertiary alicyclic amines) is 1. The molecule has 0 aromatic heterocycles. The van der Waals surface area contributed by atoms with Crippen molar-refractivity contribution < 1.29 is 14.3 Å². The summed E-state index contributed by atoms with van der Waals surface area (Å²) >= 11 is 3.52. The Kier molecular flexibility index (Phi) is 7.69. The molecule has 2 aromatic rings. The molecule has 1 saturated heterocycles. The van der Waals surface area contributed by atoms with Gasteiger partial charge in [-0.15, -0.1) is 0 Å². The molecule has 1 aliphatic heterocycles. The number of piperidine rings is 1. The molecular formula is C23H27BrN2O3. The van der Waals surface area contributed by atoms with Crippen LogP contribution in [0, 0.1) is 0 Å². The fourth-order valence-electron chi connectivity index (χ4n) is 3.52. The monoisotopic (exact) mass is 458 g/mol. The average molecular weight is 459 g/mol. The summed E-state index contributed by atoms with van der Waals surface area (Å²) < 4.78 is 6.46. The number of benzene rings is 2. The summed E-state index contributed by atoms with van der Waals surface area (Å²) in [5.41, 5.74) is 1.81. The van der Waals surface area contributed by atoms with Crippen molar-refractivity contribution in [1.82, 2.24) is 10.2 Å². The largest absolute Gasteiger partial charge is 0.494 e. The summed E-state index contributed by atoms with van der Waals surface area (Å²) in [6.07, 6.45) is 2.74. The number of carbonyl (C=O) groups excluding carboxylic acids is 2. The lowest BCUT2D eigenvalue weighted by Crippen LogP contribution is -2.46. The van der Waals surface area contributed by atoms with E-state index in [2.05, 4.69) is 21.2 Å². The first kappa shape index (κ1) is 21.4. The highest BCUT2D eigenvalue weighted by Crippen LogP contribution is 2.19. The van der Waals surface area contributed by atoms with Gasteiger partial charge in [-0.2, -0.15) is 0 Å². The van der Waals surface area contributed by atoms with Crippen molar-refractivity contribution in [2.75, 3.05) is 19.7 Å². The molecule has 0 spiro atoms. The third kappa shape index (κ3) is 6.07. The van der Waals surface area contributed by atoms with Crippen LogP contribution in [-0.4, -0.2) is 42.5 Å². The lowest BCUT2D eigenvalue weighted by molar-refractivity contribution is -0.122. The Bertz CT molecular complexity index is 830. The first-order valence-corrected chi connectivity index (χ1v) is 10.9. The van der Waals surface area contributed by atoms with Gasteiger partial charge in [-0.05, 0) is 62.1 Å². The van der Waals surface area contributed by atoms with Gasteiger partial charge in [-0.1, -0.05) is 34.1 Å². The molecule has 0 unspecified atom stereocenters. The maximum Gasteiger partial charge on any atom is 0.253 e. The van der Waals surface area contributed by atoms with Crippen LogP contribution in [0.15, 0.2) is 53.0 Å². The molecule has 29 heavy (non-hydrogen) atoms. The van der Waals surface area contributed by atoms with Crippen molar-refractivity contribution in [2.45, 2.75) is 38.6 Å². The highest BCUT2D eigenvalue weighted by Gasteiger charge is 2.24. The van der Waals surface area contributed by atoms with Gasteiger partial charge in [0.1, 0.15) is 5.75 Å². The number of aryl methyl sites for hydroxylation is 1. The number of hydrogen-bond acceptors (Lipinski definition) is 3. The summed E-state index contributed by atoms with van der Waals surface area (Å²) in [5, 5.41) is 3.12. The van der Waals surface area contributed by atoms with Crippen molar-refractivity contribution in [2.24, 2.45) is 0 Å². The first-order valence-electron chi connectivity index (χ1n) is 10.1. The first-order chi connectivity index (χ1) is 14.1. The van der Waals surface area contributed by atoms with Crippen LogP contribution in [0.3, 0.4) is 0 Å². The van der Waals surface area contributed by atoms with Crippen LogP contribution in [0.2, 0.25) is 0 Å². The Morgan fingerprint density at radius 3 is 2.45 bits per heavy atom. The van der Waals surface area contributed by atoms with E-state index in [9.17, 15) is 9.59 Å². The third-order valence-electron chi connectivity index (χ3n) is 5.14. The zero-order valence-electron chi connectivity index (χ0n) is 16.7. The number of carbonyl (C=O) groups is 2. The molecule has 1 aliphatic rings. The minimum Gasteiger partial charge on any atom is -0.494 e. The zero-order valence-corrected chi connectivity index (χ0v) is 18.3. The predicted molar refractivity (Wildman–Crippen MR) is 117 cm³/mol. The van der Waals surface area contributed by atoms with Gasteiger partial charge in [0.25, 0.3) is 5.91 Å². The lowest BCUT2D eigenvalue weighted by Gasteiger charge is -2.32. The molecular weight excluding hydrogens is 432 g/mol. The Hall–Kier alpha value is -2.34. The Morgan fingerprint density at radius 1 is 1.10 bits per heavy atom. The summed E-state index contributed by atoms with van der Waals surface area (Å²) in [4.78, 5) is 26.8. The molecule has 0 radical (unpaired) electrons. The molecule has 0 saturated carbocycles. The molecule has 0 aliphatic carbocycles. The van der Waals surface area contributed by atoms with E-state index in [1.165, 1.54) is 0 Å². The number of rotatable bonds is 7. The van der Waals surface area contributed by atoms with Gasteiger partial charge in [0.2, 0.25) is 5.91 Å². The van der Waals surface area contributed by atoms with Gasteiger partial charge in [0, 0.05) is 35.6 Å². The number of amides is 2. The molecule has 5 nitrogen and oxygen atoms in total. The highest BCUT2D eigenvalue weighted by molar-refractivity contribution is 9.10. The van der Waals surface area contributed by atoms with E-state index in [1.54, 1.807) is 0 Å². The molecule has 0 bridgehead atoms. The predicted octanol–water partition coefficient (Wildman–Crippen LogP) is 4.20. The number of nitrogens with zero attached hydrogens (tertiary/aromatic N) is 1. The molecule has 6 heteroatoms. The van der Waals surface area contributed by atoms with Crippen molar-refractivity contribution in [1.29, 1.82) is 0 Å². The summed E-state index contributed by atoms with van der Waals surface area (Å²) in [6, 6.07) is 15.4. The zero-order chi connectivity index (χ0) is 20.6. The van der Waals surface area contributed by atoms with Gasteiger partial charge in [-0.3, -0.25) is 9.59 Å². The lowest BCUT2D eigenvalue weighted by atomic mass is 10.0. The van der Waals surface area contributed by atoms with E-state index in [4.69, 9.17) is 4.74 Å². The molecule has 0 atom stereocenters. The Balaban J connectivity index is 1.43. The minimum atomic E-state index is 0.0340. The van der Waals surface area contributed by atoms with Crippen molar-refractivity contribution in [3.05, 3.63) is 64.1 Å². The van der Waals surface area contributed by atoms with Crippen LogP contribution in [-0.2, 0) is 11.2 Å². The number of nitrogens with one attached hydrogen (secondary N) is 1. The maximum atomic E-state index is 12.7. The normalized spacial score (nSPS) is 14.5. The van der Waals surface area contributed by atoms with Gasteiger partial charge < -0.3 is 15.0 Å². The molecule has 1 fully saturated rings. The fourth-order valence-corrected chi connectivity index (χ4v) is 4.00. The summed E-state index contributed by atoms with van der Waals surface area (Å²) in [7, 11) is 0. The van der Waals surface area contributed by atoms with Crippen LogP contribution in [0.5, 0.6) is 5.75 Å². The van der Waals surface area contributed by atoms with Gasteiger partial charge in [-0.25, -0.2) is 0 Å². The second kappa shape index (κ2) is 10.4. The number of ether oxygens (including phenoxy) is 1. The van der Waals surface area contributed by atoms with E-state index < -0.39 is 0 Å². The molecule has 2 aromatic carbocycles. The fraction of sp³-hybridized carbons (Fsp3) is 0.391. The van der Waals surface area contributed by atoms with Gasteiger partial charge in [0.15, 0.2) is 0 Å². The van der Waals surface area contributed by atoms with Crippen LogP contribution in [0.25, 0.3) is 0 Å². The summed E-state index contributed by atoms with van der Waals surface area (Å²) in [5.74, 6) is 0.872. The van der Waals surface area contributed by atoms with E-state index >= 15 is 0 Å². The van der Waals surface area contributed by atoms with Gasteiger partial charge >= 0.3 is 0 Å². The topological polar surface area (TPSA) is 58.6 Å². The van der Waals surface area contributed by atoms with Crippen LogP contribution >= 0.6 is 15.9 Å². The third-order valence-corrected chi connectivity index (χ3v) is 5.91. The van der Waals surface area contributed by atoms with E-state index in [0.29, 0.717) is 38.1 Å². The number of hydrogen-bond donors (Lipinski definition) is 1. The Morgan fingerprint density at radius 2 is 1.79 bits per heavy atom. The summed E-state index contributed by atoms with van der Waals surface area (Å²) in [6.45, 7) is 3.85. The standard InChI is InChI=1S/C23H27BrN2O3/c1-2-29-20-10-7-18(8-11-20)23(28)26-15-13-19(14-16-26)25-22(27)12-9-17-5-3-4-6-21(17)24/h3-8,10-11,19H,2,9,12-16H2,1H3,(H,25,27). The quantitative estimate of drug-likeness (QED) is 0.675. The molecule has 1 heterocycles. The maximum absolute atomic E-state index is 12.7. The molecule has 154 valence electrons. The average Bonchev–Trinajstić information content (AvgIpc) is 2.74. The van der Waals surface area contributed by atoms with Gasteiger partial charge in [0.05, 0.1) is 6.61 Å². The van der Waals surface area contributed by atoms with Crippen molar-refractivity contribution in [3.63, 3.8) is 0 Å². The molecule has 2 amide bonds. The minimum absolute atomic E-state index is 0.0340. The SMILES string of the molecule is CCOc1ccc(C(=O)N2CCC(NC(=O)CCc3ccccc3Br)CC2)cc1. The smallest absolute Gasteiger partial charge is 0.253 e. The van der Waals surface area contributed by atoms with E-state index in [1.807, 2.05) is 60.4 Å². The second-order valence-corrected chi connectivity index (χ2v) is 8.04. The van der Waals surface area contributed by atoms with Crippen molar-refractivity contribution in [3.8, 4) is 5.75 Å². The van der Waals surface area contributed by atoms with Crippen LogP contribution in [0.1, 0.15) is 42.1 Å². The van der Waals surface area contributed by atoms with Crippen LogP contribution in [0.4, 0.5) is 0 Å². The van der Waals surface area contributed by atoms with E-state index in [0.717, 1.165) is 28.6 Å². The van der Waals surface area contributed by atoms with Crippen molar-refractivity contribution >= 4 is 27.7 Å². The number of halogens is 1. The Labute approximate surface area is 180 Å². The highest BCUT2D eigenvalue weighted by atomic mass is 79.9.